The standard InChI is InChI=1S/2C22H26F2NO.2C5H5.Ti/c2*1-4-14-22(2,3)21(26)25(20-13-12-18(23)16-19(20)24)15-8-11-17-9-6-5-7-10-17;2*1-2-4-5-3-1;/h2*5-7,9-10,12-13H,4,8,11,14-15H2,1-3H3;2*1-5H;/q4*-1;+4. The molecule has 63 heavy (non-hydrogen) atoms. The summed E-state index contributed by atoms with van der Waals surface area (Å²) in [4.78, 5) is 29.1. The molecule has 0 aliphatic rings. The average molecular weight is 895 g/mol. The molecule has 332 valence electrons. The third kappa shape index (κ3) is 19.1. The van der Waals surface area contributed by atoms with Crippen LogP contribution in [0.1, 0.15) is 91.2 Å². The van der Waals surface area contributed by atoms with Gasteiger partial charge in [-0.05, 0) is 61.0 Å². The molecule has 0 fully saturated rings. The van der Waals surface area contributed by atoms with Crippen molar-refractivity contribution in [1.29, 1.82) is 0 Å². The van der Waals surface area contributed by atoms with Crippen LogP contribution in [-0.4, -0.2) is 24.9 Å². The first-order chi connectivity index (χ1) is 29.7. The summed E-state index contributed by atoms with van der Waals surface area (Å²) < 4.78 is 55.1. The van der Waals surface area contributed by atoms with Crippen LogP contribution in [-0.2, 0) is 44.1 Å². The quantitative estimate of drug-likeness (QED) is 0.0552. The van der Waals surface area contributed by atoms with E-state index in [-0.39, 0.29) is 44.9 Å². The summed E-state index contributed by atoms with van der Waals surface area (Å²) in [6.45, 7) is 12.3. The summed E-state index contributed by atoms with van der Waals surface area (Å²) >= 11 is 0. The molecule has 2 amide bonds. The summed E-state index contributed by atoms with van der Waals surface area (Å²) in [5, 5.41) is 0. The van der Waals surface area contributed by atoms with E-state index in [1.807, 2.05) is 175 Å². The smallest absolute Gasteiger partial charge is 0.363 e. The van der Waals surface area contributed by atoms with Crippen molar-refractivity contribution in [3.63, 3.8) is 0 Å². The van der Waals surface area contributed by atoms with Crippen molar-refractivity contribution >= 4 is 23.2 Å². The number of hydrogen-bond acceptors (Lipinski definition) is 2. The fraction of sp³-hybridized carbons (Fsp3) is 0.333. The number of anilines is 2. The molecule has 0 saturated heterocycles. The fourth-order valence-corrected chi connectivity index (χ4v) is 6.96. The average Bonchev–Trinajstić information content (AvgIpc) is 4.04. The van der Waals surface area contributed by atoms with Gasteiger partial charge in [0.2, 0.25) is 11.8 Å². The van der Waals surface area contributed by atoms with Crippen LogP contribution in [0.15, 0.2) is 146 Å². The Bertz CT molecular complexity index is 1930. The van der Waals surface area contributed by atoms with E-state index >= 15 is 0 Å². The Labute approximate surface area is 389 Å². The molecule has 0 saturated carbocycles. The molecule has 0 atom stereocenters. The number of aryl methyl sites for hydroxylation is 2. The largest absolute Gasteiger partial charge is 4.00 e. The number of carbonyl (C=O) groups is 2. The molecule has 0 heterocycles. The maximum Gasteiger partial charge on any atom is 4.00 e. The van der Waals surface area contributed by atoms with Crippen LogP contribution in [0, 0.1) is 46.2 Å². The molecular weight excluding hydrogens is 832 g/mol. The molecule has 0 aliphatic heterocycles. The number of amides is 2. The number of rotatable bonds is 16. The number of hydrogen-bond donors (Lipinski definition) is 0. The van der Waals surface area contributed by atoms with Crippen molar-refractivity contribution in [2.45, 2.75) is 92.9 Å². The van der Waals surface area contributed by atoms with Crippen LogP contribution < -0.4 is 9.80 Å². The van der Waals surface area contributed by atoms with E-state index in [4.69, 9.17) is 0 Å². The van der Waals surface area contributed by atoms with Crippen molar-refractivity contribution in [3.8, 4) is 0 Å². The van der Waals surface area contributed by atoms with E-state index in [0.717, 1.165) is 37.8 Å². The fourth-order valence-electron chi connectivity index (χ4n) is 6.96. The Balaban J connectivity index is 0.000000348. The zero-order valence-electron chi connectivity index (χ0n) is 37.7. The molecule has 0 unspecified atom stereocenters. The maximum atomic E-state index is 14.3. The van der Waals surface area contributed by atoms with Crippen LogP contribution in [0.3, 0.4) is 0 Å². The topological polar surface area (TPSA) is 40.6 Å². The summed E-state index contributed by atoms with van der Waals surface area (Å²) in [5.74, 6) is -3.49. The van der Waals surface area contributed by atoms with Gasteiger partial charge in [0.05, 0.1) is 0 Å². The Morgan fingerprint density at radius 1 is 0.524 bits per heavy atom. The number of halogens is 4. The zero-order valence-corrected chi connectivity index (χ0v) is 39.2. The van der Waals surface area contributed by atoms with Gasteiger partial charge in [-0.1, -0.05) is 115 Å². The summed E-state index contributed by atoms with van der Waals surface area (Å²) in [5.41, 5.74) is 1.30. The first-order valence-electron chi connectivity index (χ1n) is 21.5. The van der Waals surface area contributed by atoms with E-state index in [1.165, 1.54) is 33.1 Å². The number of nitrogens with zero attached hydrogens (tertiary/aromatic N) is 2. The van der Waals surface area contributed by atoms with Gasteiger partial charge in [-0.25, -0.2) is 41.8 Å². The van der Waals surface area contributed by atoms with Crippen molar-refractivity contribution in [3.05, 3.63) is 192 Å². The molecule has 9 heteroatoms. The predicted molar refractivity (Wildman–Crippen MR) is 246 cm³/mol. The van der Waals surface area contributed by atoms with Crippen molar-refractivity contribution in [2.24, 2.45) is 10.8 Å². The van der Waals surface area contributed by atoms with Gasteiger partial charge in [0.15, 0.2) is 0 Å². The van der Waals surface area contributed by atoms with E-state index in [9.17, 15) is 27.2 Å². The van der Waals surface area contributed by atoms with Crippen molar-refractivity contribution in [2.75, 3.05) is 22.9 Å². The van der Waals surface area contributed by atoms with Gasteiger partial charge in [-0.15, -0.1) is 36.4 Å². The van der Waals surface area contributed by atoms with E-state index in [0.29, 0.717) is 38.8 Å². The molecule has 0 radical (unpaired) electrons. The van der Waals surface area contributed by atoms with E-state index in [1.54, 1.807) is 0 Å². The second-order valence-electron chi connectivity index (χ2n) is 16.3. The van der Waals surface area contributed by atoms with Crippen LogP contribution >= 0.6 is 0 Å². The first kappa shape index (κ1) is 54.1. The van der Waals surface area contributed by atoms with Crippen molar-refractivity contribution < 1.29 is 48.9 Å². The molecular formula is C54H62F4N2O2Ti. The molecule has 0 N–H and O–H groups in total. The Hall–Kier alpha value is -5.05. The van der Waals surface area contributed by atoms with E-state index < -0.39 is 34.1 Å². The maximum absolute atomic E-state index is 14.3. The molecule has 0 aromatic heterocycles. The van der Waals surface area contributed by atoms with Crippen molar-refractivity contribution in [1.82, 2.24) is 0 Å². The second-order valence-corrected chi connectivity index (χ2v) is 16.3. The van der Waals surface area contributed by atoms with Crippen LogP contribution in [0.25, 0.3) is 0 Å². The first-order valence-corrected chi connectivity index (χ1v) is 21.5. The van der Waals surface area contributed by atoms with Gasteiger partial charge in [-0.2, -0.15) is 36.4 Å². The number of benzene rings is 4. The minimum atomic E-state index is -0.828. The van der Waals surface area contributed by atoms with Gasteiger partial charge in [0, 0.05) is 47.2 Å². The molecule has 0 bridgehead atoms. The van der Waals surface area contributed by atoms with E-state index in [2.05, 4.69) is 0 Å². The Morgan fingerprint density at radius 2 is 0.857 bits per heavy atom. The molecule has 0 spiro atoms. The minimum absolute atomic E-state index is 0. The zero-order chi connectivity index (χ0) is 45.4. The van der Waals surface area contributed by atoms with Gasteiger partial charge < -0.3 is 9.80 Å². The van der Waals surface area contributed by atoms with Gasteiger partial charge in [0.1, 0.15) is 0 Å². The van der Waals surface area contributed by atoms with Gasteiger partial charge in [0.25, 0.3) is 0 Å². The molecule has 6 rings (SSSR count). The summed E-state index contributed by atoms with van der Waals surface area (Å²) in [6, 6.07) is 48.9. The molecule has 0 aliphatic carbocycles. The third-order valence-corrected chi connectivity index (χ3v) is 10.2. The van der Waals surface area contributed by atoms with Gasteiger partial charge in [-0.3, -0.25) is 9.59 Å². The third-order valence-electron chi connectivity index (χ3n) is 10.2. The summed E-state index contributed by atoms with van der Waals surface area (Å²) in [7, 11) is 0. The number of carbonyl (C=O) groups excluding carboxylic acids is 2. The van der Waals surface area contributed by atoms with Crippen LogP contribution in [0.4, 0.5) is 28.9 Å². The minimum Gasteiger partial charge on any atom is -0.363 e. The molecule has 6 aromatic carbocycles. The van der Waals surface area contributed by atoms with Crippen LogP contribution in [0.5, 0.6) is 0 Å². The Morgan fingerprint density at radius 3 is 1.13 bits per heavy atom. The monoisotopic (exact) mass is 894 g/mol. The van der Waals surface area contributed by atoms with Crippen LogP contribution in [0.2, 0.25) is 0 Å². The second kappa shape index (κ2) is 28.6. The normalized spacial score (nSPS) is 10.7. The predicted octanol–water partition coefficient (Wildman–Crippen LogP) is 13.9. The molecule has 6 aromatic rings. The van der Waals surface area contributed by atoms with Gasteiger partial charge >= 0.3 is 21.7 Å². The Kier molecular flexibility index (Phi) is 24.6. The molecule has 4 nitrogen and oxygen atoms in total. The summed E-state index contributed by atoms with van der Waals surface area (Å²) in [6.07, 6.45) is 6.06. The SMILES string of the molecule is CCCC(C)(C)C(=O)N(CCCc1ccccc1)c1ccc(F)[c-]c1F.CCCC(C)(C)C(=O)N(CCCc1ccccc1)c1ccc(F)[c-]c1F.[Ti+4].c1cc[cH-]c1.c1cc[cH-]c1.